The van der Waals surface area contributed by atoms with Crippen molar-refractivity contribution >= 4 is 16.7 Å². The molecule has 6 nitrogen and oxygen atoms in total. The smallest absolute Gasteiger partial charge is 0.338 e. The summed E-state index contributed by atoms with van der Waals surface area (Å²) in [5, 5.41) is 11.3. The summed E-state index contributed by atoms with van der Waals surface area (Å²) in [6.07, 6.45) is 1.06. The van der Waals surface area contributed by atoms with E-state index in [1.165, 1.54) is 10.8 Å². The van der Waals surface area contributed by atoms with Gasteiger partial charge in [0.15, 0.2) is 0 Å². The molecule has 1 saturated heterocycles. The molecular formula is C25H21N3O3. The predicted octanol–water partition coefficient (Wildman–Crippen LogP) is 4.40. The second-order valence-corrected chi connectivity index (χ2v) is 8.24. The molecule has 2 atom stereocenters. The van der Waals surface area contributed by atoms with Crippen molar-refractivity contribution in [3.8, 4) is 0 Å². The standard InChI is InChI=1S/C25H21N3O3/c29-24(19-7-2-1-3-8-19)31-21-12-13-25(16-30-25)23-22(21)26-27-28(23)15-17-10-11-18-6-4-5-9-20(18)14-17/h1-11,14,21H,12-13,15-16H2. The Labute approximate surface area is 179 Å². The maximum absolute atomic E-state index is 12.6. The molecule has 6 heteroatoms. The van der Waals surface area contributed by atoms with Crippen molar-refractivity contribution in [1.29, 1.82) is 0 Å². The third-order valence-electron chi connectivity index (χ3n) is 6.21. The van der Waals surface area contributed by atoms with Gasteiger partial charge in [-0.05, 0) is 47.4 Å². The molecule has 2 unspecified atom stereocenters. The largest absolute Gasteiger partial charge is 0.452 e. The molecule has 154 valence electrons. The van der Waals surface area contributed by atoms with Gasteiger partial charge in [-0.2, -0.15) is 0 Å². The van der Waals surface area contributed by atoms with Gasteiger partial charge in [-0.25, -0.2) is 9.48 Å². The number of hydrogen-bond acceptors (Lipinski definition) is 5. The summed E-state index contributed by atoms with van der Waals surface area (Å²) < 4.78 is 13.6. The number of aromatic nitrogens is 3. The zero-order chi connectivity index (χ0) is 20.8. The zero-order valence-electron chi connectivity index (χ0n) is 16.9. The highest BCUT2D eigenvalue weighted by atomic mass is 16.6. The minimum absolute atomic E-state index is 0.340. The first kappa shape index (κ1) is 18.3. The number of esters is 1. The molecule has 31 heavy (non-hydrogen) atoms. The predicted molar refractivity (Wildman–Crippen MR) is 115 cm³/mol. The average Bonchev–Trinajstić information content (AvgIpc) is 3.46. The molecule has 1 fully saturated rings. The van der Waals surface area contributed by atoms with Crippen molar-refractivity contribution in [2.75, 3.05) is 6.61 Å². The lowest BCUT2D eigenvalue weighted by atomic mass is 9.88. The van der Waals surface area contributed by atoms with Crippen LogP contribution in [0.4, 0.5) is 0 Å². The normalized spacial score (nSPS) is 21.7. The van der Waals surface area contributed by atoms with E-state index in [-0.39, 0.29) is 11.6 Å². The summed E-state index contributed by atoms with van der Waals surface area (Å²) in [6.45, 7) is 1.25. The lowest BCUT2D eigenvalue weighted by Crippen LogP contribution is -2.27. The molecule has 0 radical (unpaired) electrons. The summed E-state index contributed by atoms with van der Waals surface area (Å²) in [4.78, 5) is 12.6. The highest BCUT2D eigenvalue weighted by Crippen LogP contribution is 2.51. The van der Waals surface area contributed by atoms with Crippen LogP contribution in [0.2, 0.25) is 0 Å². The van der Waals surface area contributed by atoms with Gasteiger partial charge < -0.3 is 9.47 Å². The Hall–Kier alpha value is -3.51. The van der Waals surface area contributed by atoms with Gasteiger partial charge in [-0.3, -0.25) is 0 Å². The van der Waals surface area contributed by atoms with Crippen molar-refractivity contribution in [3.05, 3.63) is 95.3 Å². The summed E-state index contributed by atoms with van der Waals surface area (Å²) in [7, 11) is 0. The number of carbonyl (C=O) groups is 1. The Morgan fingerprint density at radius 3 is 2.65 bits per heavy atom. The summed E-state index contributed by atoms with van der Waals surface area (Å²) >= 11 is 0. The molecule has 2 aliphatic rings. The van der Waals surface area contributed by atoms with E-state index in [1.807, 2.05) is 35.0 Å². The molecule has 3 aromatic carbocycles. The summed E-state index contributed by atoms with van der Waals surface area (Å²) in [5.74, 6) is -0.340. The van der Waals surface area contributed by atoms with Crippen LogP contribution in [-0.2, 0) is 21.6 Å². The molecular weight excluding hydrogens is 390 g/mol. The van der Waals surface area contributed by atoms with E-state index in [9.17, 15) is 4.79 Å². The van der Waals surface area contributed by atoms with Crippen LogP contribution in [0.3, 0.4) is 0 Å². The van der Waals surface area contributed by atoms with Gasteiger partial charge in [-0.1, -0.05) is 59.8 Å². The van der Waals surface area contributed by atoms with E-state index in [4.69, 9.17) is 9.47 Å². The van der Waals surface area contributed by atoms with E-state index >= 15 is 0 Å². The van der Waals surface area contributed by atoms with Gasteiger partial charge in [0.25, 0.3) is 0 Å². The molecule has 1 aromatic heterocycles. The molecule has 6 rings (SSSR count). The van der Waals surface area contributed by atoms with E-state index in [0.29, 0.717) is 30.8 Å². The van der Waals surface area contributed by atoms with Gasteiger partial charge in [0, 0.05) is 0 Å². The Balaban J connectivity index is 1.31. The number of rotatable bonds is 4. The van der Waals surface area contributed by atoms with Gasteiger partial charge >= 0.3 is 5.97 Å². The number of carbonyl (C=O) groups excluding carboxylic acids is 1. The Morgan fingerprint density at radius 2 is 1.84 bits per heavy atom. The molecule has 2 heterocycles. The van der Waals surface area contributed by atoms with Crippen LogP contribution in [0.1, 0.15) is 46.3 Å². The van der Waals surface area contributed by atoms with E-state index in [1.54, 1.807) is 12.1 Å². The second kappa shape index (κ2) is 7.03. The average molecular weight is 411 g/mol. The van der Waals surface area contributed by atoms with Crippen LogP contribution in [0.15, 0.2) is 72.8 Å². The maximum Gasteiger partial charge on any atom is 0.338 e. The van der Waals surface area contributed by atoms with Crippen LogP contribution >= 0.6 is 0 Å². The van der Waals surface area contributed by atoms with Crippen molar-refractivity contribution in [1.82, 2.24) is 15.0 Å². The highest BCUT2D eigenvalue weighted by molar-refractivity contribution is 5.89. The Bertz CT molecular complexity index is 1280. The van der Waals surface area contributed by atoms with Crippen molar-refractivity contribution < 1.29 is 14.3 Å². The third-order valence-corrected chi connectivity index (χ3v) is 6.21. The molecule has 0 saturated carbocycles. The first-order valence-corrected chi connectivity index (χ1v) is 10.5. The lowest BCUT2D eigenvalue weighted by molar-refractivity contribution is 0.0202. The number of hydrogen-bond donors (Lipinski definition) is 0. The molecule has 4 aromatic rings. The van der Waals surface area contributed by atoms with Crippen LogP contribution in [0.25, 0.3) is 10.8 Å². The molecule has 0 bridgehead atoms. The Kier molecular flexibility index (Phi) is 4.14. The lowest BCUT2D eigenvalue weighted by Gasteiger charge is -2.26. The number of benzene rings is 3. The number of ether oxygens (including phenoxy) is 2. The Morgan fingerprint density at radius 1 is 1.06 bits per heavy atom. The second-order valence-electron chi connectivity index (χ2n) is 8.24. The van der Waals surface area contributed by atoms with Gasteiger partial charge in [0.05, 0.1) is 18.7 Å². The van der Waals surface area contributed by atoms with E-state index in [2.05, 4.69) is 40.6 Å². The van der Waals surface area contributed by atoms with Crippen LogP contribution < -0.4 is 0 Å². The molecule has 1 aliphatic carbocycles. The quantitative estimate of drug-likeness (QED) is 0.368. The minimum Gasteiger partial charge on any atom is -0.452 e. The molecule has 1 spiro atoms. The summed E-state index contributed by atoms with van der Waals surface area (Å²) in [6, 6.07) is 23.8. The van der Waals surface area contributed by atoms with Crippen molar-refractivity contribution in [3.63, 3.8) is 0 Å². The zero-order valence-corrected chi connectivity index (χ0v) is 16.9. The fraction of sp³-hybridized carbons (Fsp3) is 0.240. The fourth-order valence-electron chi connectivity index (χ4n) is 4.51. The first-order chi connectivity index (χ1) is 15.2. The monoisotopic (exact) mass is 411 g/mol. The summed E-state index contributed by atoms with van der Waals surface area (Å²) in [5.41, 5.74) is 3.00. The topological polar surface area (TPSA) is 69.5 Å². The molecule has 0 amide bonds. The highest BCUT2D eigenvalue weighted by Gasteiger charge is 2.55. The number of epoxide rings is 1. The fourth-order valence-corrected chi connectivity index (χ4v) is 4.51. The van der Waals surface area contributed by atoms with E-state index in [0.717, 1.165) is 17.7 Å². The molecule has 0 N–H and O–H groups in total. The number of fused-ring (bicyclic) bond motifs is 3. The van der Waals surface area contributed by atoms with Gasteiger partial charge in [0.1, 0.15) is 23.1 Å². The minimum atomic E-state index is -0.414. The molecule has 1 aliphatic heterocycles. The maximum atomic E-state index is 12.6. The van der Waals surface area contributed by atoms with Crippen LogP contribution in [-0.4, -0.2) is 27.6 Å². The van der Waals surface area contributed by atoms with Crippen molar-refractivity contribution in [2.45, 2.75) is 31.1 Å². The van der Waals surface area contributed by atoms with Crippen LogP contribution in [0, 0.1) is 0 Å². The SMILES string of the molecule is O=C(OC1CCC2(CO2)c2c1nnn2Cc1ccc2ccccc2c1)c1ccccc1. The van der Waals surface area contributed by atoms with Crippen LogP contribution in [0.5, 0.6) is 0 Å². The van der Waals surface area contributed by atoms with E-state index < -0.39 is 6.10 Å². The van der Waals surface area contributed by atoms with Crippen molar-refractivity contribution in [2.24, 2.45) is 0 Å². The third kappa shape index (κ3) is 3.20. The number of nitrogens with zero attached hydrogens (tertiary/aromatic N) is 3. The van der Waals surface area contributed by atoms with Gasteiger partial charge in [0.2, 0.25) is 0 Å². The first-order valence-electron chi connectivity index (χ1n) is 10.5. The van der Waals surface area contributed by atoms with Gasteiger partial charge in [-0.15, -0.1) is 5.10 Å².